The zero-order valence-electron chi connectivity index (χ0n) is 10.5. The van der Waals surface area contributed by atoms with Crippen molar-refractivity contribution >= 4 is 39.1 Å². The molecule has 3 atom stereocenters. The number of ketones is 1. The van der Waals surface area contributed by atoms with Gasteiger partial charge in [-0.1, -0.05) is 13.8 Å². The highest BCUT2D eigenvalue weighted by molar-refractivity contribution is 8.08. The Morgan fingerprint density at radius 3 is 2.47 bits per heavy atom. The van der Waals surface area contributed by atoms with Crippen molar-refractivity contribution in [3.63, 3.8) is 0 Å². The van der Waals surface area contributed by atoms with Crippen molar-refractivity contribution in [1.29, 1.82) is 0 Å². The molecule has 0 saturated carbocycles. The van der Waals surface area contributed by atoms with E-state index in [0.29, 0.717) is 23.3 Å². The van der Waals surface area contributed by atoms with Crippen LogP contribution in [0.1, 0.15) is 26.7 Å². The lowest BCUT2D eigenvalue weighted by Gasteiger charge is -2.30. The Balaban J connectivity index is 2.33. The molecule has 0 radical (unpaired) electrons. The van der Waals surface area contributed by atoms with Crippen molar-refractivity contribution in [2.75, 3.05) is 17.8 Å². The molecule has 0 aliphatic carbocycles. The molecule has 0 bridgehead atoms. The first-order valence-electron chi connectivity index (χ1n) is 5.77. The molecule has 0 aromatic heterocycles. The third-order valence-electron chi connectivity index (χ3n) is 2.85. The second kappa shape index (κ2) is 6.48. The summed E-state index contributed by atoms with van der Waals surface area (Å²) in [5.41, 5.74) is 0. The Morgan fingerprint density at radius 1 is 1.29 bits per heavy atom. The summed E-state index contributed by atoms with van der Waals surface area (Å²) in [7, 11) is -2.93. The van der Waals surface area contributed by atoms with Crippen molar-refractivity contribution in [3.05, 3.63) is 0 Å². The van der Waals surface area contributed by atoms with Crippen LogP contribution in [-0.2, 0) is 14.6 Å². The highest BCUT2D eigenvalue weighted by Crippen LogP contribution is 2.36. The average molecular weight is 296 g/mol. The van der Waals surface area contributed by atoms with Gasteiger partial charge in [-0.2, -0.15) is 11.8 Å². The highest BCUT2D eigenvalue weighted by Gasteiger charge is 2.29. The van der Waals surface area contributed by atoms with Crippen LogP contribution in [0.4, 0.5) is 0 Å². The van der Waals surface area contributed by atoms with E-state index in [4.69, 9.17) is 0 Å². The summed E-state index contributed by atoms with van der Waals surface area (Å²) in [6.45, 7) is 4.34. The van der Waals surface area contributed by atoms with Gasteiger partial charge in [0.1, 0.15) is 15.6 Å². The zero-order chi connectivity index (χ0) is 13.1. The van der Waals surface area contributed by atoms with Gasteiger partial charge in [-0.15, -0.1) is 11.8 Å². The van der Waals surface area contributed by atoms with Gasteiger partial charge in [0, 0.05) is 28.9 Å². The second-order valence-corrected chi connectivity index (χ2v) is 9.82. The van der Waals surface area contributed by atoms with Crippen molar-refractivity contribution < 1.29 is 13.2 Å². The van der Waals surface area contributed by atoms with Gasteiger partial charge in [0.2, 0.25) is 0 Å². The molecule has 3 unspecified atom stereocenters. The number of carbonyl (C=O) groups excluding carboxylic acids is 1. The zero-order valence-corrected chi connectivity index (χ0v) is 13.0. The van der Waals surface area contributed by atoms with Crippen LogP contribution in [0, 0.1) is 0 Å². The van der Waals surface area contributed by atoms with E-state index in [1.54, 1.807) is 11.8 Å². The van der Waals surface area contributed by atoms with Gasteiger partial charge in [0.25, 0.3) is 0 Å². The summed E-state index contributed by atoms with van der Waals surface area (Å²) >= 11 is 3.58. The second-order valence-electron chi connectivity index (χ2n) is 4.57. The van der Waals surface area contributed by atoms with E-state index < -0.39 is 9.84 Å². The number of Topliss-reactive ketones (excluding diaryl/α,β-unsaturated/α-hetero) is 1. The normalized spacial score (nSPS) is 30.2. The topological polar surface area (TPSA) is 51.2 Å². The quantitative estimate of drug-likeness (QED) is 0.777. The highest BCUT2D eigenvalue weighted by atomic mass is 32.2. The Labute approximate surface area is 112 Å². The Bertz CT molecular complexity index is 364. The number of sulfone groups is 1. The lowest BCUT2D eigenvalue weighted by molar-refractivity contribution is -0.118. The molecule has 0 N–H and O–H groups in total. The fourth-order valence-corrected chi connectivity index (χ4v) is 5.21. The molecule has 0 spiro atoms. The van der Waals surface area contributed by atoms with Crippen LogP contribution in [0.15, 0.2) is 0 Å². The summed E-state index contributed by atoms with van der Waals surface area (Å²) in [4.78, 5) is 11.9. The van der Waals surface area contributed by atoms with Crippen LogP contribution in [0.3, 0.4) is 0 Å². The molecule has 1 saturated heterocycles. The van der Waals surface area contributed by atoms with Crippen LogP contribution in [0.25, 0.3) is 0 Å². The molecule has 0 aromatic carbocycles. The minimum Gasteiger partial charge on any atom is -0.298 e. The van der Waals surface area contributed by atoms with Gasteiger partial charge in [0.15, 0.2) is 0 Å². The number of rotatable bonds is 5. The standard InChI is InChI=1S/C11H20O3S3/c1-8-9(2)16-11(7-15-8)10(12)5-4-6-17(3,13)14/h8-9,11H,4-7H2,1-3H3. The molecule has 1 aliphatic rings. The van der Waals surface area contributed by atoms with E-state index in [1.165, 1.54) is 6.26 Å². The Hall–Kier alpha value is 0.320. The molecule has 3 nitrogen and oxygen atoms in total. The summed E-state index contributed by atoms with van der Waals surface area (Å²) in [6.07, 6.45) is 2.07. The maximum absolute atomic E-state index is 11.9. The van der Waals surface area contributed by atoms with Crippen molar-refractivity contribution in [2.24, 2.45) is 0 Å². The van der Waals surface area contributed by atoms with E-state index in [9.17, 15) is 13.2 Å². The molecule has 100 valence electrons. The third kappa shape index (κ3) is 5.66. The molecule has 1 fully saturated rings. The molecular weight excluding hydrogens is 276 g/mol. The molecule has 1 aliphatic heterocycles. The number of thioether (sulfide) groups is 2. The average Bonchev–Trinajstić information content (AvgIpc) is 2.20. The lowest BCUT2D eigenvalue weighted by atomic mass is 10.2. The van der Waals surface area contributed by atoms with Gasteiger partial charge in [-0.05, 0) is 6.42 Å². The summed E-state index contributed by atoms with van der Waals surface area (Å²) < 4.78 is 21.9. The monoisotopic (exact) mass is 296 g/mol. The first-order valence-corrected chi connectivity index (χ1v) is 9.82. The minimum atomic E-state index is -2.93. The summed E-state index contributed by atoms with van der Waals surface area (Å²) in [5.74, 6) is 1.20. The molecule has 1 heterocycles. The third-order valence-corrected chi connectivity index (χ3v) is 7.32. The molecule has 0 aromatic rings. The van der Waals surface area contributed by atoms with E-state index >= 15 is 0 Å². The molecule has 6 heteroatoms. The minimum absolute atomic E-state index is 0.0609. The van der Waals surface area contributed by atoms with E-state index in [2.05, 4.69) is 13.8 Å². The number of hydrogen-bond donors (Lipinski definition) is 0. The van der Waals surface area contributed by atoms with E-state index in [1.807, 2.05) is 11.8 Å². The maximum Gasteiger partial charge on any atom is 0.147 e. The first-order chi connectivity index (χ1) is 7.79. The summed E-state index contributed by atoms with van der Waals surface area (Å²) in [6, 6.07) is 0. The fraction of sp³-hybridized carbons (Fsp3) is 0.909. The van der Waals surface area contributed by atoms with Crippen LogP contribution in [0.2, 0.25) is 0 Å². The predicted molar refractivity (Wildman–Crippen MR) is 76.7 cm³/mol. The van der Waals surface area contributed by atoms with Crippen LogP contribution in [0.5, 0.6) is 0 Å². The van der Waals surface area contributed by atoms with Crippen LogP contribution in [-0.4, -0.2) is 47.7 Å². The lowest BCUT2D eigenvalue weighted by Crippen LogP contribution is -2.31. The largest absolute Gasteiger partial charge is 0.298 e. The van der Waals surface area contributed by atoms with Crippen LogP contribution >= 0.6 is 23.5 Å². The van der Waals surface area contributed by atoms with Crippen molar-refractivity contribution in [3.8, 4) is 0 Å². The van der Waals surface area contributed by atoms with E-state index in [-0.39, 0.29) is 16.8 Å². The Morgan fingerprint density at radius 2 is 1.94 bits per heavy atom. The summed E-state index contributed by atoms with van der Waals surface area (Å²) in [5, 5.41) is 1.16. The molecule has 17 heavy (non-hydrogen) atoms. The predicted octanol–water partition coefficient (Wildman–Crippen LogP) is 2.01. The van der Waals surface area contributed by atoms with Gasteiger partial charge in [0.05, 0.1) is 11.0 Å². The first kappa shape index (κ1) is 15.4. The van der Waals surface area contributed by atoms with Crippen LogP contribution < -0.4 is 0 Å². The SMILES string of the molecule is CC1SCC(C(=O)CCCS(C)(=O)=O)SC1C. The van der Waals surface area contributed by atoms with Gasteiger partial charge in [-0.3, -0.25) is 4.79 Å². The molecule has 0 amide bonds. The van der Waals surface area contributed by atoms with Gasteiger partial charge >= 0.3 is 0 Å². The Kier molecular flexibility index (Phi) is 5.86. The maximum atomic E-state index is 11.9. The molecule has 1 rings (SSSR count). The fourth-order valence-electron chi connectivity index (χ4n) is 1.62. The van der Waals surface area contributed by atoms with Crippen molar-refractivity contribution in [1.82, 2.24) is 0 Å². The molecular formula is C11H20O3S3. The van der Waals surface area contributed by atoms with E-state index in [0.717, 1.165) is 5.75 Å². The van der Waals surface area contributed by atoms with Gasteiger partial charge < -0.3 is 0 Å². The van der Waals surface area contributed by atoms with Crippen molar-refractivity contribution in [2.45, 2.75) is 42.4 Å². The van der Waals surface area contributed by atoms with Gasteiger partial charge in [-0.25, -0.2) is 8.42 Å². The smallest absolute Gasteiger partial charge is 0.147 e. The number of carbonyl (C=O) groups is 1. The number of hydrogen-bond acceptors (Lipinski definition) is 5.